The van der Waals surface area contributed by atoms with Gasteiger partial charge in [-0.25, -0.2) is 0 Å². The fourth-order valence-electron chi connectivity index (χ4n) is 5.83. The Bertz CT molecular complexity index is 1270. The van der Waals surface area contributed by atoms with Crippen molar-refractivity contribution in [3.63, 3.8) is 0 Å². The normalized spacial score (nSPS) is 25.5. The second-order valence-corrected chi connectivity index (χ2v) is 10.0. The zero-order valence-corrected chi connectivity index (χ0v) is 20.2. The summed E-state index contributed by atoms with van der Waals surface area (Å²) in [7, 11) is 0. The van der Waals surface area contributed by atoms with Crippen molar-refractivity contribution in [3.8, 4) is 11.1 Å². The molecule has 5 rings (SSSR count). The predicted molar refractivity (Wildman–Crippen MR) is 129 cm³/mol. The lowest BCUT2D eigenvalue weighted by molar-refractivity contribution is -0.120. The first-order valence-electron chi connectivity index (χ1n) is 11.7. The number of nitrogens with one attached hydrogen (secondary N) is 2. The number of carbonyl (C=O) groups excluding carboxylic acids is 1. The van der Waals surface area contributed by atoms with E-state index >= 15 is 0 Å². The average Bonchev–Trinajstić information content (AvgIpc) is 3.14. The third-order valence-electron chi connectivity index (χ3n) is 7.44. The molecule has 1 aromatic carbocycles. The van der Waals surface area contributed by atoms with Gasteiger partial charge >= 0.3 is 0 Å². The molecule has 4 heterocycles. The predicted octanol–water partition coefficient (Wildman–Crippen LogP) is 5.23. The highest BCUT2D eigenvalue weighted by atomic mass is 16.2. The average molecular weight is 442 g/mol. The lowest BCUT2D eigenvalue weighted by Gasteiger charge is -2.48. The number of nitrogens with zero attached hydrogens (tertiary/aromatic N) is 3. The molecule has 0 saturated carbocycles. The molecule has 2 atom stereocenters. The van der Waals surface area contributed by atoms with Gasteiger partial charge in [0.2, 0.25) is 0 Å². The molecule has 2 aromatic rings. The van der Waals surface area contributed by atoms with Crippen molar-refractivity contribution < 1.29 is 4.79 Å². The molecule has 0 radical (unpaired) electrons. The maximum atomic E-state index is 13.6. The fourth-order valence-corrected chi connectivity index (χ4v) is 5.83. The molecule has 0 fully saturated rings. The molecule has 33 heavy (non-hydrogen) atoms. The molecule has 6 nitrogen and oxygen atoms in total. The number of amides is 1. The number of hydrogen-bond acceptors (Lipinski definition) is 5. The maximum Gasteiger partial charge on any atom is 0.250 e. The van der Waals surface area contributed by atoms with Crippen molar-refractivity contribution in [2.24, 2.45) is 10.2 Å². The molecule has 0 aliphatic carbocycles. The Hall–Kier alpha value is -3.28. The first-order chi connectivity index (χ1) is 15.7. The van der Waals surface area contributed by atoms with Crippen molar-refractivity contribution in [1.82, 2.24) is 15.6 Å². The molecule has 3 aliphatic rings. The summed E-state index contributed by atoms with van der Waals surface area (Å²) in [6.45, 7) is 12.4. The van der Waals surface area contributed by atoms with Gasteiger partial charge in [0.25, 0.3) is 5.91 Å². The number of fused-ring (bicyclic) bond motifs is 1. The lowest BCUT2D eigenvalue weighted by Crippen LogP contribution is -2.58. The van der Waals surface area contributed by atoms with Gasteiger partial charge in [0.15, 0.2) is 6.17 Å². The number of aryl methyl sites for hydroxylation is 1. The van der Waals surface area contributed by atoms with Crippen LogP contribution in [0.3, 0.4) is 0 Å². The van der Waals surface area contributed by atoms with Gasteiger partial charge in [-0.15, -0.1) is 0 Å². The van der Waals surface area contributed by atoms with E-state index in [9.17, 15) is 4.79 Å². The van der Waals surface area contributed by atoms with E-state index in [1.54, 1.807) is 0 Å². The van der Waals surface area contributed by atoms with Crippen LogP contribution in [0.4, 0.5) is 0 Å². The minimum atomic E-state index is -0.592. The van der Waals surface area contributed by atoms with Crippen LogP contribution in [0, 0.1) is 13.8 Å². The summed E-state index contributed by atoms with van der Waals surface area (Å²) in [6.07, 6.45) is 3.10. The van der Waals surface area contributed by atoms with Gasteiger partial charge in [-0.2, -0.15) is 10.2 Å². The monoisotopic (exact) mass is 441 g/mol. The Morgan fingerprint density at radius 1 is 1.15 bits per heavy atom. The highest BCUT2D eigenvalue weighted by molar-refractivity contribution is 6.00. The molecule has 0 saturated heterocycles. The van der Waals surface area contributed by atoms with Gasteiger partial charge in [0.05, 0.1) is 16.7 Å². The van der Waals surface area contributed by atoms with E-state index < -0.39 is 5.41 Å². The second kappa shape index (κ2) is 7.37. The van der Waals surface area contributed by atoms with E-state index in [1.165, 1.54) is 5.56 Å². The number of carbonyl (C=O) groups is 1. The van der Waals surface area contributed by atoms with Crippen molar-refractivity contribution in [2.75, 3.05) is 0 Å². The molecule has 2 unspecified atom stereocenters. The number of azo groups is 1. The van der Waals surface area contributed by atoms with Crippen LogP contribution >= 0.6 is 0 Å². The molecule has 170 valence electrons. The molecule has 3 aliphatic heterocycles. The SMILES string of the molecule is CCC1(c2cccc(-c3ccnc(C)c3C)c2)C2=C(CC(C)(C)NC2=O)NC2N=NC(C)=C21. The molecule has 0 bridgehead atoms. The summed E-state index contributed by atoms with van der Waals surface area (Å²) in [4.78, 5) is 18.1. The first kappa shape index (κ1) is 21.6. The molecule has 1 aromatic heterocycles. The van der Waals surface area contributed by atoms with Gasteiger partial charge in [-0.05, 0) is 75.4 Å². The molecule has 2 N–H and O–H groups in total. The van der Waals surface area contributed by atoms with Gasteiger partial charge in [0.1, 0.15) is 0 Å². The van der Waals surface area contributed by atoms with Gasteiger partial charge < -0.3 is 10.6 Å². The highest BCUT2D eigenvalue weighted by Crippen LogP contribution is 2.53. The van der Waals surface area contributed by atoms with Crippen molar-refractivity contribution in [3.05, 3.63) is 75.9 Å². The molecular weight excluding hydrogens is 410 g/mol. The quantitative estimate of drug-likeness (QED) is 0.684. The van der Waals surface area contributed by atoms with E-state index in [2.05, 4.69) is 83.9 Å². The summed E-state index contributed by atoms with van der Waals surface area (Å²) in [5, 5.41) is 15.8. The van der Waals surface area contributed by atoms with Crippen LogP contribution in [0.1, 0.15) is 57.4 Å². The summed E-state index contributed by atoms with van der Waals surface area (Å²) >= 11 is 0. The van der Waals surface area contributed by atoms with Crippen LogP contribution in [0.25, 0.3) is 11.1 Å². The number of benzene rings is 1. The van der Waals surface area contributed by atoms with E-state index in [1.807, 2.05) is 20.0 Å². The Balaban J connectivity index is 1.78. The Kier molecular flexibility index (Phi) is 4.82. The minimum Gasteiger partial charge on any atom is -0.362 e. The van der Waals surface area contributed by atoms with Crippen LogP contribution in [-0.2, 0) is 10.2 Å². The van der Waals surface area contributed by atoms with E-state index in [0.29, 0.717) is 0 Å². The van der Waals surface area contributed by atoms with Crippen molar-refractivity contribution in [2.45, 2.75) is 71.5 Å². The first-order valence-corrected chi connectivity index (χ1v) is 11.7. The summed E-state index contributed by atoms with van der Waals surface area (Å²) < 4.78 is 0. The van der Waals surface area contributed by atoms with Crippen LogP contribution in [-0.4, -0.2) is 22.6 Å². The van der Waals surface area contributed by atoms with Crippen LogP contribution in [0.15, 0.2) is 69.3 Å². The van der Waals surface area contributed by atoms with E-state index in [0.717, 1.165) is 57.8 Å². The zero-order chi connectivity index (χ0) is 23.5. The third kappa shape index (κ3) is 3.15. The summed E-state index contributed by atoms with van der Waals surface area (Å²) in [6, 6.07) is 10.7. The largest absolute Gasteiger partial charge is 0.362 e. The standard InChI is InChI=1S/C27H31N5O/c1-7-27(19-10-8-9-18(13-19)20-11-12-28-16(3)15(20)2)22-17(4)31-32-24(22)29-21-14-26(5,6)30-25(33)23(21)27/h8-13,24,29H,7,14H2,1-6H3,(H,30,33). The molecule has 1 amide bonds. The van der Waals surface area contributed by atoms with Gasteiger partial charge in [-0.1, -0.05) is 25.1 Å². The molecule has 6 heteroatoms. The third-order valence-corrected chi connectivity index (χ3v) is 7.44. The number of hydrogen-bond donors (Lipinski definition) is 2. The van der Waals surface area contributed by atoms with Crippen molar-refractivity contribution in [1.29, 1.82) is 0 Å². The topological polar surface area (TPSA) is 78.7 Å². The smallest absolute Gasteiger partial charge is 0.250 e. The Morgan fingerprint density at radius 2 is 1.94 bits per heavy atom. The Labute approximate surface area is 195 Å². The number of allylic oxidation sites excluding steroid dienone is 1. The fraction of sp³-hybridized carbons (Fsp3) is 0.407. The second-order valence-electron chi connectivity index (χ2n) is 10.0. The molecular formula is C27H31N5O. The summed E-state index contributed by atoms with van der Waals surface area (Å²) in [5.74, 6) is -0.0115. The number of aromatic nitrogens is 1. The minimum absolute atomic E-state index is 0.0115. The van der Waals surface area contributed by atoms with Gasteiger partial charge in [0, 0.05) is 35.1 Å². The highest BCUT2D eigenvalue weighted by Gasteiger charge is 2.54. The van der Waals surface area contributed by atoms with Crippen LogP contribution in [0.2, 0.25) is 0 Å². The lowest BCUT2D eigenvalue weighted by atomic mass is 9.61. The van der Waals surface area contributed by atoms with Crippen LogP contribution < -0.4 is 10.6 Å². The van der Waals surface area contributed by atoms with E-state index in [-0.39, 0.29) is 17.6 Å². The van der Waals surface area contributed by atoms with E-state index in [4.69, 9.17) is 0 Å². The molecule has 0 spiro atoms. The number of pyridine rings is 1. The van der Waals surface area contributed by atoms with Crippen molar-refractivity contribution >= 4 is 5.91 Å². The van der Waals surface area contributed by atoms with Crippen LogP contribution in [0.5, 0.6) is 0 Å². The maximum absolute atomic E-state index is 13.6. The number of rotatable bonds is 3. The Morgan fingerprint density at radius 3 is 2.70 bits per heavy atom. The zero-order valence-electron chi connectivity index (χ0n) is 20.2. The summed E-state index contributed by atoms with van der Waals surface area (Å²) in [5.41, 5.74) is 8.44. The van der Waals surface area contributed by atoms with Gasteiger partial charge in [-0.3, -0.25) is 9.78 Å².